The van der Waals surface area contributed by atoms with Gasteiger partial charge in [0.15, 0.2) is 0 Å². The van der Waals surface area contributed by atoms with Crippen molar-refractivity contribution in [3.05, 3.63) is 83.6 Å². The predicted octanol–water partition coefficient (Wildman–Crippen LogP) is 4.05. The van der Waals surface area contributed by atoms with E-state index in [0.717, 1.165) is 11.3 Å². The average molecular weight is 378 g/mol. The van der Waals surface area contributed by atoms with Crippen molar-refractivity contribution in [2.24, 2.45) is 0 Å². The molecule has 3 aromatic rings. The lowest BCUT2D eigenvalue weighted by Crippen LogP contribution is -2.27. The van der Waals surface area contributed by atoms with Crippen LogP contribution in [-0.2, 0) is 6.42 Å². The molecular formula is C22H23FN4O. The van der Waals surface area contributed by atoms with Gasteiger partial charge in [0.25, 0.3) is 5.91 Å². The van der Waals surface area contributed by atoms with Crippen LogP contribution < -0.4 is 10.2 Å². The molecule has 0 atom stereocenters. The molecule has 3 rings (SSSR count). The Morgan fingerprint density at radius 3 is 2.68 bits per heavy atom. The van der Waals surface area contributed by atoms with E-state index in [-0.39, 0.29) is 17.4 Å². The monoisotopic (exact) mass is 378 g/mol. The highest BCUT2D eigenvalue weighted by Crippen LogP contribution is 2.24. The van der Waals surface area contributed by atoms with E-state index in [1.54, 1.807) is 24.3 Å². The maximum atomic E-state index is 13.7. The normalized spacial score (nSPS) is 10.5. The zero-order valence-corrected chi connectivity index (χ0v) is 16.0. The van der Waals surface area contributed by atoms with E-state index in [1.807, 2.05) is 36.9 Å². The number of carbonyl (C=O) groups is 1. The Morgan fingerprint density at radius 2 is 1.93 bits per heavy atom. The Hall–Kier alpha value is -3.28. The Morgan fingerprint density at radius 1 is 1.11 bits per heavy atom. The van der Waals surface area contributed by atoms with Gasteiger partial charge in [-0.2, -0.15) is 0 Å². The second-order valence-corrected chi connectivity index (χ2v) is 6.44. The van der Waals surface area contributed by atoms with Crippen LogP contribution in [0.4, 0.5) is 15.9 Å². The van der Waals surface area contributed by atoms with Crippen LogP contribution in [0.25, 0.3) is 0 Å². The highest BCUT2D eigenvalue weighted by Gasteiger charge is 2.14. The first-order valence-corrected chi connectivity index (χ1v) is 9.26. The van der Waals surface area contributed by atoms with E-state index in [4.69, 9.17) is 0 Å². The summed E-state index contributed by atoms with van der Waals surface area (Å²) in [6, 6.07) is 16.3. The van der Waals surface area contributed by atoms with Crippen LogP contribution in [-0.4, -0.2) is 29.0 Å². The highest BCUT2D eigenvalue weighted by atomic mass is 19.1. The van der Waals surface area contributed by atoms with Crippen LogP contribution in [0.5, 0.6) is 0 Å². The molecule has 144 valence electrons. The van der Waals surface area contributed by atoms with Crippen molar-refractivity contribution < 1.29 is 9.18 Å². The number of hydrogen-bond donors (Lipinski definition) is 1. The number of amides is 1. The zero-order valence-electron chi connectivity index (χ0n) is 16.0. The summed E-state index contributed by atoms with van der Waals surface area (Å²) in [4.78, 5) is 22.9. The summed E-state index contributed by atoms with van der Waals surface area (Å²) in [5.74, 6) is 0.0838. The summed E-state index contributed by atoms with van der Waals surface area (Å²) in [6.45, 7) is 5.09. The Kier molecular flexibility index (Phi) is 6.32. The minimum Gasteiger partial charge on any atom is -0.350 e. The molecule has 0 aliphatic heterocycles. The summed E-state index contributed by atoms with van der Waals surface area (Å²) < 4.78 is 13.7. The van der Waals surface area contributed by atoms with Crippen LogP contribution in [0.2, 0.25) is 0 Å². The molecule has 0 fully saturated rings. The first-order valence-electron chi connectivity index (χ1n) is 9.26. The van der Waals surface area contributed by atoms with Gasteiger partial charge < -0.3 is 10.2 Å². The van der Waals surface area contributed by atoms with Crippen molar-refractivity contribution in [1.82, 2.24) is 15.3 Å². The molecule has 1 aromatic heterocycles. The van der Waals surface area contributed by atoms with Crippen molar-refractivity contribution in [2.45, 2.75) is 20.3 Å². The molecule has 0 radical (unpaired) electrons. The number of benzene rings is 2. The van der Waals surface area contributed by atoms with Crippen molar-refractivity contribution in [2.75, 3.05) is 18.0 Å². The maximum Gasteiger partial charge on any atom is 0.270 e. The maximum absolute atomic E-state index is 13.7. The smallest absolute Gasteiger partial charge is 0.270 e. The lowest BCUT2D eigenvalue weighted by Gasteiger charge is -2.22. The quantitative estimate of drug-likeness (QED) is 0.674. The molecule has 1 amide bonds. The number of aromatic nitrogens is 2. The van der Waals surface area contributed by atoms with Gasteiger partial charge in [0, 0.05) is 24.8 Å². The number of carbonyl (C=O) groups excluding carboxylic acids is 1. The van der Waals surface area contributed by atoms with E-state index in [1.165, 1.54) is 12.4 Å². The molecule has 5 nitrogen and oxygen atoms in total. The van der Waals surface area contributed by atoms with E-state index in [9.17, 15) is 9.18 Å². The number of halogens is 1. The summed E-state index contributed by atoms with van der Waals surface area (Å²) in [5.41, 5.74) is 3.01. The third-order valence-corrected chi connectivity index (χ3v) is 4.43. The fraction of sp³-hybridized carbons (Fsp3) is 0.227. The molecular weight excluding hydrogens is 355 g/mol. The average Bonchev–Trinajstić information content (AvgIpc) is 2.70. The van der Waals surface area contributed by atoms with Crippen LogP contribution in [0.3, 0.4) is 0 Å². The topological polar surface area (TPSA) is 58.1 Å². The lowest BCUT2D eigenvalue weighted by atomic mass is 10.1. The van der Waals surface area contributed by atoms with Gasteiger partial charge in [0.05, 0.1) is 0 Å². The summed E-state index contributed by atoms with van der Waals surface area (Å²) in [6.07, 6.45) is 1.81. The molecule has 2 aromatic carbocycles. The molecule has 0 unspecified atom stereocenters. The van der Waals surface area contributed by atoms with Crippen molar-refractivity contribution in [1.29, 1.82) is 0 Å². The summed E-state index contributed by atoms with van der Waals surface area (Å²) in [7, 11) is 0. The lowest BCUT2D eigenvalue weighted by molar-refractivity contribution is 0.0949. The molecule has 1 N–H and O–H groups in total. The van der Waals surface area contributed by atoms with Gasteiger partial charge in [0.1, 0.15) is 23.7 Å². The van der Waals surface area contributed by atoms with Crippen molar-refractivity contribution in [3.8, 4) is 0 Å². The molecule has 0 aliphatic carbocycles. The van der Waals surface area contributed by atoms with Crippen LogP contribution in [0.15, 0.2) is 60.9 Å². The van der Waals surface area contributed by atoms with Crippen molar-refractivity contribution >= 4 is 17.4 Å². The largest absolute Gasteiger partial charge is 0.350 e. The third kappa shape index (κ3) is 4.71. The van der Waals surface area contributed by atoms with E-state index in [2.05, 4.69) is 21.4 Å². The van der Waals surface area contributed by atoms with Crippen LogP contribution in [0.1, 0.15) is 28.5 Å². The molecule has 6 heteroatoms. The van der Waals surface area contributed by atoms with E-state index in [0.29, 0.717) is 30.9 Å². The fourth-order valence-electron chi connectivity index (χ4n) is 2.99. The Labute approximate surface area is 164 Å². The first kappa shape index (κ1) is 19.5. The van der Waals surface area contributed by atoms with Crippen LogP contribution >= 0.6 is 0 Å². The van der Waals surface area contributed by atoms with Crippen LogP contribution in [0, 0.1) is 12.7 Å². The molecule has 28 heavy (non-hydrogen) atoms. The van der Waals surface area contributed by atoms with Gasteiger partial charge in [-0.1, -0.05) is 30.3 Å². The molecule has 0 saturated carbocycles. The second-order valence-electron chi connectivity index (χ2n) is 6.44. The second kappa shape index (κ2) is 9.08. The zero-order chi connectivity index (χ0) is 19.9. The van der Waals surface area contributed by atoms with Gasteiger partial charge in [-0.15, -0.1) is 0 Å². The number of nitrogens with zero attached hydrogens (tertiary/aromatic N) is 3. The van der Waals surface area contributed by atoms with Gasteiger partial charge in [-0.05, 0) is 49.6 Å². The Bertz CT molecular complexity index is 961. The molecule has 1 heterocycles. The molecule has 0 saturated heterocycles. The number of hydrogen-bond acceptors (Lipinski definition) is 4. The van der Waals surface area contributed by atoms with E-state index < -0.39 is 0 Å². The fourth-order valence-corrected chi connectivity index (χ4v) is 2.99. The third-order valence-electron chi connectivity index (χ3n) is 4.43. The van der Waals surface area contributed by atoms with Gasteiger partial charge in [-0.25, -0.2) is 14.4 Å². The molecule has 0 aliphatic rings. The number of aryl methyl sites for hydroxylation is 1. The standard InChI is InChI=1S/C22H23FN4O/c1-3-27(18-9-6-7-16(2)13-18)21-14-20(25-15-26-21)22(28)24-12-11-17-8-4-5-10-19(17)23/h4-10,13-15H,3,11-12H2,1-2H3,(H,24,28). The summed E-state index contributed by atoms with van der Waals surface area (Å²) >= 11 is 0. The van der Waals surface area contributed by atoms with Gasteiger partial charge in [0.2, 0.25) is 0 Å². The van der Waals surface area contributed by atoms with Gasteiger partial charge >= 0.3 is 0 Å². The molecule has 0 bridgehead atoms. The number of nitrogens with one attached hydrogen (secondary N) is 1. The van der Waals surface area contributed by atoms with Gasteiger partial charge in [-0.3, -0.25) is 4.79 Å². The Balaban J connectivity index is 1.69. The minimum atomic E-state index is -0.305. The summed E-state index contributed by atoms with van der Waals surface area (Å²) in [5, 5.41) is 2.79. The predicted molar refractivity (Wildman–Crippen MR) is 108 cm³/mol. The van der Waals surface area contributed by atoms with Crippen molar-refractivity contribution in [3.63, 3.8) is 0 Å². The number of rotatable bonds is 7. The minimum absolute atomic E-state index is 0.266. The molecule has 0 spiro atoms. The first-order chi connectivity index (χ1) is 13.6. The number of anilines is 2. The SMILES string of the molecule is CCN(c1cccc(C)c1)c1cc(C(=O)NCCc2ccccc2F)ncn1. The highest BCUT2D eigenvalue weighted by molar-refractivity contribution is 5.93. The van der Waals surface area contributed by atoms with E-state index >= 15 is 0 Å².